The van der Waals surface area contributed by atoms with Crippen LogP contribution in [0.25, 0.3) is 0 Å². The number of esters is 1. The quantitative estimate of drug-likeness (QED) is 0.664. The van der Waals surface area contributed by atoms with E-state index in [-0.39, 0.29) is 12.5 Å². The van der Waals surface area contributed by atoms with Crippen LogP contribution in [0, 0.1) is 0 Å². The highest BCUT2D eigenvalue weighted by atomic mass is 16.5. The van der Waals surface area contributed by atoms with Gasteiger partial charge in [-0.1, -0.05) is 19.0 Å². The van der Waals surface area contributed by atoms with Gasteiger partial charge in [-0.05, 0) is 13.0 Å². The number of hydrogen-bond donors (Lipinski definition) is 0. The highest BCUT2D eigenvalue weighted by molar-refractivity contribution is 5.71. The molecule has 0 saturated carbocycles. The molecule has 1 aromatic rings. The second-order valence-electron chi connectivity index (χ2n) is 3.74. The molecule has 17 heavy (non-hydrogen) atoms. The van der Waals surface area contributed by atoms with E-state index >= 15 is 0 Å². The number of nitrogens with zero attached hydrogens (tertiary/aromatic N) is 3. The van der Waals surface area contributed by atoms with Crippen molar-refractivity contribution < 1.29 is 14.1 Å². The van der Waals surface area contributed by atoms with Crippen molar-refractivity contribution in [3.63, 3.8) is 0 Å². The SMILES string of the molecule is CCCN(CC(=O)OC)Cc1noc(CC)n1. The molecular weight excluding hydrogens is 222 g/mol. The molecule has 1 heterocycles. The van der Waals surface area contributed by atoms with Gasteiger partial charge in [-0.25, -0.2) is 0 Å². The zero-order valence-corrected chi connectivity index (χ0v) is 10.6. The van der Waals surface area contributed by atoms with Gasteiger partial charge in [0.15, 0.2) is 5.82 Å². The Labute approximate surface area is 101 Å². The number of rotatable bonds is 7. The number of aromatic nitrogens is 2. The monoisotopic (exact) mass is 241 g/mol. The lowest BCUT2D eigenvalue weighted by atomic mass is 10.4. The standard InChI is InChI=1S/C11H19N3O3/c1-4-6-14(8-11(15)16-3)7-9-12-10(5-2)17-13-9/h4-8H2,1-3H3. The molecule has 0 aliphatic rings. The zero-order valence-electron chi connectivity index (χ0n) is 10.6. The molecule has 6 heteroatoms. The molecule has 0 radical (unpaired) electrons. The van der Waals surface area contributed by atoms with Crippen molar-refractivity contribution in [2.24, 2.45) is 0 Å². The summed E-state index contributed by atoms with van der Waals surface area (Å²) in [4.78, 5) is 17.4. The molecule has 0 amide bonds. The zero-order chi connectivity index (χ0) is 12.7. The Morgan fingerprint density at radius 1 is 1.47 bits per heavy atom. The predicted molar refractivity (Wildman–Crippen MR) is 61.3 cm³/mol. The van der Waals surface area contributed by atoms with E-state index in [2.05, 4.69) is 21.8 Å². The third-order valence-electron chi connectivity index (χ3n) is 2.30. The molecule has 0 aromatic carbocycles. The molecule has 0 unspecified atom stereocenters. The van der Waals surface area contributed by atoms with Gasteiger partial charge in [-0.15, -0.1) is 0 Å². The van der Waals surface area contributed by atoms with Crippen LogP contribution < -0.4 is 0 Å². The first-order chi connectivity index (χ1) is 8.19. The summed E-state index contributed by atoms with van der Waals surface area (Å²) in [5, 5.41) is 3.86. The molecule has 0 bridgehead atoms. The van der Waals surface area contributed by atoms with Crippen LogP contribution in [-0.2, 0) is 22.5 Å². The third-order valence-corrected chi connectivity index (χ3v) is 2.30. The Balaban J connectivity index is 2.55. The Morgan fingerprint density at radius 2 is 2.24 bits per heavy atom. The van der Waals surface area contributed by atoms with E-state index < -0.39 is 0 Å². The van der Waals surface area contributed by atoms with Crippen molar-refractivity contribution in [3.05, 3.63) is 11.7 Å². The van der Waals surface area contributed by atoms with Gasteiger partial charge in [0.05, 0.1) is 20.2 Å². The lowest BCUT2D eigenvalue weighted by molar-refractivity contribution is -0.142. The number of carbonyl (C=O) groups excluding carboxylic acids is 1. The van der Waals surface area contributed by atoms with E-state index in [9.17, 15) is 4.79 Å². The van der Waals surface area contributed by atoms with Crippen LogP contribution in [-0.4, -0.2) is 41.2 Å². The fraction of sp³-hybridized carbons (Fsp3) is 0.727. The van der Waals surface area contributed by atoms with Crippen molar-refractivity contribution >= 4 is 5.97 Å². The van der Waals surface area contributed by atoms with E-state index in [0.717, 1.165) is 19.4 Å². The summed E-state index contributed by atoms with van der Waals surface area (Å²) in [7, 11) is 1.38. The van der Waals surface area contributed by atoms with Gasteiger partial charge in [0.25, 0.3) is 0 Å². The van der Waals surface area contributed by atoms with Crippen LogP contribution >= 0.6 is 0 Å². The van der Waals surface area contributed by atoms with Crippen molar-refractivity contribution in [2.75, 3.05) is 20.2 Å². The summed E-state index contributed by atoms with van der Waals surface area (Å²) >= 11 is 0. The fourth-order valence-corrected chi connectivity index (χ4v) is 1.48. The lowest BCUT2D eigenvalue weighted by Gasteiger charge is -2.17. The molecule has 1 aromatic heterocycles. The van der Waals surface area contributed by atoms with Crippen LogP contribution in [0.3, 0.4) is 0 Å². The van der Waals surface area contributed by atoms with E-state index in [4.69, 9.17) is 4.52 Å². The van der Waals surface area contributed by atoms with Crippen LogP contribution in [0.2, 0.25) is 0 Å². The fourth-order valence-electron chi connectivity index (χ4n) is 1.48. The molecule has 0 atom stereocenters. The summed E-state index contributed by atoms with van der Waals surface area (Å²) < 4.78 is 9.67. The van der Waals surface area contributed by atoms with Crippen molar-refractivity contribution in [3.8, 4) is 0 Å². The van der Waals surface area contributed by atoms with Gasteiger partial charge in [0.2, 0.25) is 5.89 Å². The highest BCUT2D eigenvalue weighted by Gasteiger charge is 2.14. The normalized spacial score (nSPS) is 10.8. The summed E-state index contributed by atoms with van der Waals surface area (Å²) in [5.74, 6) is 0.978. The minimum atomic E-state index is -0.252. The van der Waals surface area contributed by atoms with Gasteiger partial charge >= 0.3 is 5.97 Å². The number of hydrogen-bond acceptors (Lipinski definition) is 6. The van der Waals surface area contributed by atoms with Gasteiger partial charge in [-0.3, -0.25) is 9.69 Å². The summed E-state index contributed by atoms with van der Waals surface area (Å²) in [6, 6.07) is 0. The number of methoxy groups -OCH3 is 1. The molecule has 0 saturated heterocycles. The van der Waals surface area contributed by atoms with Crippen molar-refractivity contribution in [1.29, 1.82) is 0 Å². The first-order valence-corrected chi connectivity index (χ1v) is 5.80. The number of carbonyl (C=O) groups is 1. The first kappa shape index (κ1) is 13.6. The van der Waals surface area contributed by atoms with E-state index in [0.29, 0.717) is 18.3 Å². The van der Waals surface area contributed by atoms with Crippen LogP contribution in [0.4, 0.5) is 0 Å². The Bertz CT molecular complexity index is 351. The molecule has 1 rings (SSSR count). The summed E-state index contributed by atoms with van der Waals surface area (Å²) in [6.07, 6.45) is 1.67. The molecule has 0 spiro atoms. The maximum absolute atomic E-state index is 11.2. The Kier molecular flexibility index (Phi) is 5.62. The van der Waals surface area contributed by atoms with Gasteiger partial charge in [0, 0.05) is 6.42 Å². The van der Waals surface area contributed by atoms with Crippen LogP contribution in [0.1, 0.15) is 32.0 Å². The van der Waals surface area contributed by atoms with Gasteiger partial charge in [-0.2, -0.15) is 4.98 Å². The first-order valence-electron chi connectivity index (χ1n) is 5.80. The second-order valence-corrected chi connectivity index (χ2v) is 3.74. The predicted octanol–water partition coefficient (Wildman–Crippen LogP) is 1.02. The third kappa shape index (κ3) is 4.52. The van der Waals surface area contributed by atoms with Gasteiger partial charge in [0.1, 0.15) is 0 Å². The van der Waals surface area contributed by atoms with Crippen molar-refractivity contribution in [2.45, 2.75) is 33.2 Å². The second kappa shape index (κ2) is 7.01. The minimum Gasteiger partial charge on any atom is -0.468 e. The molecular formula is C11H19N3O3. The van der Waals surface area contributed by atoms with Crippen LogP contribution in [0.15, 0.2) is 4.52 Å². The Morgan fingerprint density at radius 3 is 2.76 bits per heavy atom. The minimum absolute atomic E-state index is 0.250. The number of ether oxygens (including phenoxy) is 1. The van der Waals surface area contributed by atoms with Crippen molar-refractivity contribution in [1.82, 2.24) is 15.0 Å². The average molecular weight is 241 g/mol. The van der Waals surface area contributed by atoms with E-state index in [1.165, 1.54) is 7.11 Å². The maximum Gasteiger partial charge on any atom is 0.319 e. The maximum atomic E-state index is 11.2. The smallest absolute Gasteiger partial charge is 0.319 e. The van der Waals surface area contributed by atoms with E-state index in [1.807, 2.05) is 11.8 Å². The largest absolute Gasteiger partial charge is 0.468 e. The molecule has 0 N–H and O–H groups in total. The van der Waals surface area contributed by atoms with Gasteiger partial charge < -0.3 is 9.26 Å². The molecule has 6 nitrogen and oxygen atoms in total. The Hall–Kier alpha value is -1.43. The average Bonchev–Trinajstić information content (AvgIpc) is 2.77. The van der Waals surface area contributed by atoms with E-state index in [1.54, 1.807) is 0 Å². The summed E-state index contributed by atoms with van der Waals surface area (Å²) in [5.41, 5.74) is 0. The molecule has 0 fully saturated rings. The lowest BCUT2D eigenvalue weighted by Crippen LogP contribution is -2.31. The number of aryl methyl sites for hydroxylation is 1. The highest BCUT2D eigenvalue weighted by Crippen LogP contribution is 2.03. The molecule has 96 valence electrons. The topological polar surface area (TPSA) is 68.5 Å². The molecule has 0 aliphatic heterocycles. The van der Waals surface area contributed by atoms with Crippen LogP contribution in [0.5, 0.6) is 0 Å². The summed E-state index contributed by atoms with van der Waals surface area (Å²) in [6.45, 7) is 5.56. The molecule has 0 aliphatic carbocycles.